The topological polar surface area (TPSA) is 40.6 Å². The molecule has 29 heavy (non-hydrogen) atoms. The lowest BCUT2D eigenvalue weighted by Crippen LogP contribution is -2.50. The molecule has 1 aromatic heterocycles. The minimum atomic E-state index is -0.285. The zero-order valence-corrected chi connectivity index (χ0v) is 17.0. The maximum atomic E-state index is 13.1. The Bertz CT molecular complexity index is 1030. The van der Waals surface area contributed by atoms with Crippen molar-refractivity contribution in [3.05, 3.63) is 81.9 Å². The van der Waals surface area contributed by atoms with Crippen LogP contribution in [0, 0.1) is 5.82 Å². The third-order valence-electron chi connectivity index (χ3n) is 4.89. The molecular formula is C22H18ClFN2O2S. The number of halogens is 2. The zero-order valence-electron chi connectivity index (χ0n) is 15.5. The summed E-state index contributed by atoms with van der Waals surface area (Å²) in [6, 6.07) is 16.7. The minimum Gasteiger partial charge on any atom is -0.335 e. The van der Waals surface area contributed by atoms with E-state index in [2.05, 4.69) is 0 Å². The number of rotatable bonds is 3. The van der Waals surface area contributed by atoms with Gasteiger partial charge in [0.2, 0.25) is 0 Å². The quantitative estimate of drug-likeness (QED) is 0.601. The van der Waals surface area contributed by atoms with Gasteiger partial charge in [-0.25, -0.2) is 4.39 Å². The molecule has 4 rings (SSSR count). The van der Waals surface area contributed by atoms with Crippen LogP contribution >= 0.6 is 22.9 Å². The normalized spacial score (nSPS) is 14.1. The first-order chi connectivity index (χ1) is 14.0. The van der Waals surface area contributed by atoms with Crippen LogP contribution < -0.4 is 0 Å². The van der Waals surface area contributed by atoms with Crippen molar-refractivity contribution in [2.45, 2.75) is 0 Å². The second kappa shape index (κ2) is 8.35. The van der Waals surface area contributed by atoms with Gasteiger partial charge in [0.25, 0.3) is 11.8 Å². The van der Waals surface area contributed by atoms with Crippen molar-refractivity contribution >= 4 is 34.8 Å². The van der Waals surface area contributed by atoms with Crippen LogP contribution in [0.3, 0.4) is 0 Å². The molecule has 1 aliphatic heterocycles. The molecular weight excluding hydrogens is 411 g/mol. The van der Waals surface area contributed by atoms with E-state index >= 15 is 0 Å². The van der Waals surface area contributed by atoms with Crippen molar-refractivity contribution in [3.8, 4) is 10.4 Å². The van der Waals surface area contributed by atoms with E-state index in [-0.39, 0.29) is 17.6 Å². The first-order valence-electron chi connectivity index (χ1n) is 9.21. The number of hydrogen-bond donors (Lipinski definition) is 0. The summed E-state index contributed by atoms with van der Waals surface area (Å²) in [7, 11) is 0. The highest BCUT2D eigenvalue weighted by Crippen LogP contribution is 2.29. The van der Waals surface area contributed by atoms with Crippen LogP contribution in [0.15, 0.2) is 60.7 Å². The molecule has 2 amide bonds. The van der Waals surface area contributed by atoms with Crippen molar-refractivity contribution in [3.63, 3.8) is 0 Å². The summed E-state index contributed by atoms with van der Waals surface area (Å²) >= 11 is 7.27. The van der Waals surface area contributed by atoms with Gasteiger partial charge in [0, 0.05) is 41.6 Å². The van der Waals surface area contributed by atoms with E-state index in [1.807, 2.05) is 6.07 Å². The molecule has 148 valence electrons. The Hall–Kier alpha value is -2.70. The molecule has 0 atom stereocenters. The monoisotopic (exact) mass is 428 g/mol. The van der Waals surface area contributed by atoms with Gasteiger partial charge in [0.15, 0.2) is 0 Å². The van der Waals surface area contributed by atoms with Crippen molar-refractivity contribution in [2.75, 3.05) is 26.2 Å². The van der Waals surface area contributed by atoms with E-state index in [1.165, 1.54) is 23.5 Å². The molecule has 0 saturated carbocycles. The van der Waals surface area contributed by atoms with Crippen molar-refractivity contribution in [1.82, 2.24) is 9.80 Å². The third kappa shape index (κ3) is 4.33. The fraction of sp³-hybridized carbons (Fsp3) is 0.182. The summed E-state index contributed by atoms with van der Waals surface area (Å²) in [5.74, 6) is -0.377. The fourth-order valence-corrected chi connectivity index (χ4v) is 4.37. The number of thiophene rings is 1. The highest BCUT2D eigenvalue weighted by atomic mass is 35.5. The lowest BCUT2D eigenvalue weighted by Gasteiger charge is -2.34. The lowest BCUT2D eigenvalue weighted by atomic mass is 10.2. The van der Waals surface area contributed by atoms with Gasteiger partial charge in [-0.1, -0.05) is 23.7 Å². The van der Waals surface area contributed by atoms with E-state index in [1.54, 1.807) is 52.3 Å². The average molecular weight is 429 g/mol. The number of carbonyl (C=O) groups is 2. The summed E-state index contributed by atoms with van der Waals surface area (Å²) in [5, 5.41) is 0.591. The lowest BCUT2D eigenvalue weighted by molar-refractivity contribution is 0.0538. The Morgan fingerprint density at radius 2 is 1.38 bits per heavy atom. The molecule has 0 N–H and O–H groups in total. The molecule has 0 unspecified atom stereocenters. The van der Waals surface area contributed by atoms with Gasteiger partial charge in [-0.2, -0.15) is 0 Å². The van der Waals surface area contributed by atoms with Crippen LogP contribution in [-0.4, -0.2) is 47.8 Å². The van der Waals surface area contributed by atoms with Gasteiger partial charge >= 0.3 is 0 Å². The zero-order chi connectivity index (χ0) is 20.4. The van der Waals surface area contributed by atoms with Crippen LogP contribution in [-0.2, 0) is 0 Å². The van der Waals surface area contributed by atoms with Crippen LogP contribution in [0.5, 0.6) is 0 Å². The molecule has 0 radical (unpaired) electrons. The number of benzene rings is 2. The van der Waals surface area contributed by atoms with Gasteiger partial charge in [-0.15, -0.1) is 11.3 Å². The molecule has 1 saturated heterocycles. The van der Waals surface area contributed by atoms with Crippen LogP contribution in [0.25, 0.3) is 10.4 Å². The van der Waals surface area contributed by atoms with E-state index in [0.29, 0.717) is 41.6 Å². The summed E-state index contributed by atoms with van der Waals surface area (Å²) in [5.41, 5.74) is 1.48. The minimum absolute atomic E-state index is 0.0399. The smallest absolute Gasteiger partial charge is 0.264 e. The highest BCUT2D eigenvalue weighted by molar-refractivity contribution is 7.17. The van der Waals surface area contributed by atoms with Gasteiger partial charge in [-0.3, -0.25) is 9.59 Å². The Kier molecular flexibility index (Phi) is 5.65. The number of piperazine rings is 1. The SMILES string of the molecule is O=C(c1ccc(Cl)cc1)N1CCN(C(=O)c2ccc(-c3ccc(F)cc3)s2)CC1. The standard InChI is InChI=1S/C22H18ClFN2O2S/c23-17-5-1-16(2-6-17)21(27)25-11-13-26(14-12-25)22(28)20-10-9-19(29-20)15-3-7-18(24)8-4-15/h1-10H,11-14H2. The predicted octanol–water partition coefficient (Wildman–Crippen LogP) is 4.81. The molecule has 0 aliphatic carbocycles. The van der Waals surface area contributed by atoms with Gasteiger partial charge < -0.3 is 9.80 Å². The number of nitrogens with zero attached hydrogens (tertiary/aromatic N) is 2. The Morgan fingerprint density at radius 1 is 0.793 bits per heavy atom. The molecule has 0 bridgehead atoms. The van der Waals surface area contributed by atoms with Crippen LogP contribution in [0.1, 0.15) is 20.0 Å². The molecule has 4 nitrogen and oxygen atoms in total. The van der Waals surface area contributed by atoms with Crippen molar-refractivity contribution < 1.29 is 14.0 Å². The Labute approximate surface area is 177 Å². The summed E-state index contributed by atoms with van der Waals surface area (Å²) < 4.78 is 13.1. The molecule has 7 heteroatoms. The van der Waals surface area contributed by atoms with E-state index in [0.717, 1.165) is 10.4 Å². The molecule has 2 aromatic carbocycles. The first-order valence-corrected chi connectivity index (χ1v) is 10.4. The summed E-state index contributed by atoms with van der Waals surface area (Å²) in [4.78, 5) is 30.5. The van der Waals surface area contributed by atoms with Crippen LogP contribution in [0.2, 0.25) is 5.02 Å². The van der Waals surface area contributed by atoms with Crippen LogP contribution in [0.4, 0.5) is 4.39 Å². The number of amides is 2. The Morgan fingerprint density at radius 3 is 2.00 bits per heavy atom. The van der Waals surface area contributed by atoms with Gasteiger partial charge in [-0.05, 0) is 54.1 Å². The van der Waals surface area contributed by atoms with E-state index < -0.39 is 0 Å². The molecule has 1 fully saturated rings. The molecule has 2 heterocycles. The second-order valence-corrected chi connectivity index (χ2v) is 8.28. The largest absolute Gasteiger partial charge is 0.335 e. The molecule has 1 aliphatic rings. The summed E-state index contributed by atoms with van der Waals surface area (Å²) in [6.07, 6.45) is 0. The maximum Gasteiger partial charge on any atom is 0.264 e. The first kappa shape index (κ1) is 19.6. The van der Waals surface area contributed by atoms with Crippen molar-refractivity contribution in [2.24, 2.45) is 0 Å². The summed E-state index contributed by atoms with van der Waals surface area (Å²) in [6.45, 7) is 1.96. The fourth-order valence-electron chi connectivity index (χ4n) is 3.27. The third-order valence-corrected chi connectivity index (χ3v) is 6.27. The van der Waals surface area contributed by atoms with Gasteiger partial charge in [0.05, 0.1) is 4.88 Å². The van der Waals surface area contributed by atoms with E-state index in [9.17, 15) is 14.0 Å². The Balaban J connectivity index is 1.38. The number of hydrogen-bond acceptors (Lipinski definition) is 3. The maximum absolute atomic E-state index is 13.1. The van der Waals surface area contributed by atoms with Gasteiger partial charge in [0.1, 0.15) is 5.82 Å². The average Bonchev–Trinajstić information content (AvgIpc) is 3.24. The molecule has 3 aromatic rings. The van der Waals surface area contributed by atoms with Crippen molar-refractivity contribution in [1.29, 1.82) is 0 Å². The predicted molar refractivity (Wildman–Crippen MR) is 113 cm³/mol. The molecule has 0 spiro atoms. The second-order valence-electron chi connectivity index (χ2n) is 6.76. The highest BCUT2D eigenvalue weighted by Gasteiger charge is 2.26. The number of carbonyl (C=O) groups excluding carboxylic acids is 2. The van der Waals surface area contributed by atoms with E-state index in [4.69, 9.17) is 11.6 Å².